The van der Waals surface area contributed by atoms with Gasteiger partial charge in [-0.2, -0.15) is 4.98 Å². The fourth-order valence-electron chi connectivity index (χ4n) is 3.98. The van der Waals surface area contributed by atoms with Gasteiger partial charge in [-0.25, -0.2) is 4.79 Å². The summed E-state index contributed by atoms with van der Waals surface area (Å²) in [5, 5.41) is 0. The molecule has 28 heavy (non-hydrogen) atoms. The summed E-state index contributed by atoms with van der Waals surface area (Å²) in [6.45, 7) is 5.92. The maximum Gasteiger partial charge on any atom is 0.332 e. The lowest BCUT2D eigenvalue weighted by Gasteiger charge is -2.33. The van der Waals surface area contributed by atoms with Gasteiger partial charge in [0.2, 0.25) is 5.95 Å². The Morgan fingerprint density at radius 3 is 2.68 bits per heavy atom. The highest BCUT2D eigenvalue weighted by atomic mass is 16.5. The van der Waals surface area contributed by atoms with Crippen molar-refractivity contribution in [1.29, 1.82) is 0 Å². The molecule has 0 N–H and O–H groups in total. The van der Waals surface area contributed by atoms with E-state index in [9.17, 15) is 9.59 Å². The minimum absolute atomic E-state index is 0.271. The molecule has 0 radical (unpaired) electrons. The van der Waals surface area contributed by atoms with Crippen LogP contribution in [0.3, 0.4) is 0 Å². The molecule has 1 atom stereocenters. The quantitative estimate of drug-likeness (QED) is 0.690. The van der Waals surface area contributed by atoms with Crippen LogP contribution >= 0.6 is 0 Å². The Balaban J connectivity index is 2.03. The van der Waals surface area contributed by atoms with Crippen molar-refractivity contribution in [3.63, 3.8) is 0 Å². The standard InChI is InChI=1S/C20H25N5O3/c1-5-10-23-18(26)16-17(22(3)20(23)27)21-19-24(11-13(2)12-25(16)19)14-8-6-7-9-15(14)28-4/h6-9,13H,5,10-12H2,1-4H3/t13-/m1/s1. The summed E-state index contributed by atoms with van der Waals surface area (Å²) < 4.78 is 10.3. The molecule has 0 unspecified atom stereocenters. The highest BCUT2D eigenvalue weighted by Crippen LogP contribution is 2.37. The van der Waals surface area contributed by atoms with Gasteiger partial charge >= 0.3 is 5.69 Å². The van der Waals surface area contributed by atoms with E-state index >= 15 is 0 Å². The van der Waals surface area contributed by atoms with E-state index in [0.29, 0.717) is 42.5 Å². The number of hydrogen-bond donors (Lipinski definition) is 0. The number of fused-ring (bicyclic) bond motifs is 3. The van der Waals surface area contributed by atoms with Gasteiger partial charge in [0, 0.05) is 26.7 Å². The lowest BCUT2D eigenvalue weighted by atomic mass is 10.1. The number of aromatic nitrogens is 4. The fraction of sp³-hybridized carbons (Fsp3) is 0.450. The molecule has 1 aliphatic rings. The van der Waals surface area contributed by atoms with E-state index in [1.807, 2.05) is 35.8 Å². The van der Waals surface area contributed by atoms with Crippen LogP contribution in [0.5, 0.6) is 5.75 Å². The summed E-state index contributed by atoms with van der Waals surface area (Å²) >= 11 is 0. The molecule has 1 aromatic carbocycles. The van der Waals surface area contributed by atoms with E-state index < -0.39 is 0 Å². The first-order chi connectivity index (χ1) is 13.5. The van der Waals surface area contributed by atoms with Gasteiger partial charge < -0.3 is 14.2 Å². The Morgan fingerprint density at radius 2 is 1.96 bits per heavy atom. The zero-order valence-electron chi connectivity index (χ0n) is 16.7. The highest BCUT2D eigenvalue weighted by Gasteiger charge is 2.30. The van der Waals surface area contributed by atoms with Gasteiger partial charge in [-0.3, -0.25) is 13.9 Å². The van der Waals surface area contributed by atoms with E-state index in [-0.39, 0.29) is 11.2 Å². The number of rotatable bonds is 4. The van der Waals surface area contributed by atoms with Crippen LogP contribution in [0.15, 0.2) is 33.9 Å². The molecule has 4 rings (SSSR count). The van der Waals surface area contributed by atoms with Gasteiger partial charge in [0.25, 0.3) is 5.56 Å². The molecule has 0 saturated carbocycles. The molecule has 3 heterocycles. The average molecular weight is 383 g/mol. The van der Waals surface area contributed by atoms with Gasteiger partial charge in [-0.1, -0.05) is 26.0 Å². The second-order valence-corrected chi connectivity index (χ2v) is 7.38. The minimum atomic E-state index is -0.327. The van der Waals surface area contributed by atoms with E-state index in [4.69, 9.17) is 9.72 Å². The maximum atomic E-state index is 13.1. The van der Waals surface area contributed by atoms with Crippen molar-refractivity contribution >= 4 is 22.8 Å². The zero-order valence-corrected chi connectivity index (χ0v) is 16.7. The van der Waals surface area contributed by atoms with Crippen LogP contribution in [0.4, 0.5) is 11.6 Å². The topological polar surface area (TPSA) is 74.3 Å². The number of nitrogens with zero attached hydrogens (tertiary/aromatic N) is 5. The van der Waals surface area contributed by atoms with Crippen LogP contribution in [0, 0.1) is 5.92 Å². The van der Waals surface area contributed by atoms with Crippen LogP contribution in [0.1, 0.15) is 20.3 Å². The average Bonchev–Trinajstić information content (AvgIpc) is 3.08. The lowest BCUT2D eigenvalue weighted by Crippen LogP contribution is -2.40. The van der Waals surface area contributed by atoms with Crippen LogP contribution < -0.4 is 20.9 Å². The van der Waals surface area contributed by atoms with Crippen LogP contribution in [-0.2, 0) is 20.1 Å². The molecule has 2 aromatic heterocycles. The van der Waals surface area contributed by atoms with Gasteiger partial charge in [0.05, 0.1) is 12.8 Å². The molecule has 0 bridgehead atoms. The monoisotopic (exact) mass is 383 g/mol. The summed E-state index contributed by atoms with van der Waals surface area (Å²) in [6.07, 6.45) is 0.714. The Labute approximate surface area is 162 Å². The molecule has 1 aliphatic heterocycles. The molecule has 3 aromatic rings. The number of benzene rings is 1. The third kappa shape index (κ3) is 2.63. The number of methoxy groups -OCH3 is 1. The lowest BCUT2D eigenvalue weighted by molar-refractivity contribution is 0.409. The molecule has 0 spiro atoms. The summed E-state index contributed by atoms with van der Waals surface area (Å²) in [5.74, 6) is 1.71. The number of para-hydroxylation sites is 2. The van der Waals surface area contributed by atoms with Gasteiger partial charge in [-0.05, 0) is 24.5 Å². The van der Waals surface area contributed by atoms with Gasteiger partial charge in [0.1, 0.15) is 5.75 Å². The number of hydrogen-bond acceptors (Lipinski definition) is 5. The molecular weight excluding hydrogens is 358 g/mol. The van der Waals surface area contributed by atoms with E-state index in [2.05, 4.69) is 11.8 Å². The van der Waals surface area contributed by atoms with Gasteiger partial charge in [0.15, 0.2) is 11.2 Å². The van der Waals surface area contributed by atoms with Crippen LogP contribution in [-0.4, -0.2) is 32.3 Å². The zero-order chi connectivity index (χ0) is 20.0. The van der Waals surface area contributed by atoms with E-state index in [0.717, 1.165) is 18.0 Å². The Kier molecular flexibility index (Phi) is 4.49. The van der Waals surface area contributed by atoms with Crippen molar-refractivity contribution < 1.29 is 4.74 Å². The molecular formula is C20H25N5O3. The first-order valence-electron chi connectivity index (χ1n) is 9.58. The predicted octanol–water partition coefficient (Wildman–Crippen LogP) is 2.10. The van der Waals surface area contributed by atoms with Gasteiger partial charge in [-0.15, -0.1) is 0 Å². The normalized spacial score (nSPS) is 16.4. The summed E-state index contributed by atoms with van der Waals surface area (Å²) in [5.41, 5.74) is 1.20. The third-order valence-corrected chi connectivity index (χ3v) is 5.27. The molecule has 0 amide bonds. The first kappa shape index (κ1) is 18.3. The SMILES string of the molecule is CCCn1c(=O)c2c(nc3n2C[C@H](C)CN3c2ccccc2OC)n(C)c1=O. The molecule has 148 valence electrons. The Bertz CT molecular complexity index is 1160. The van der Waals surface area contributed by atoms with Crippen LogP contribution in [0.2, 0.25) is 0 Å². The second kappa shape index (κ2) is 6.85. The van der Waals surface area contributed by atoms with E-state index in [1.165, 1.54) is 9.13 Å². The van der Waals surface area contributed by atoms with Crippen molar-refractivity contribution in [3.8, 4) is 5.75 Å². The van der Waals surface area contributed by atoms with Crippen molar-refractivity contribution in [3.05, 3.63) is 45.1 Å². The number of anilines is 2. The predicted molar refractivity (Wildman–Crippen MR) is 109 cm³/mol. The number of ether oxygens (including phenoxy) is 1. The van der Waals surface area contributed by atoms with Crippen molar-refractivity contribution in [2.75, 3.05) is 18.6 Å². The maximum absolute atomic E-state index is 13.1. The Hall–Kier alpha value is -3.03. The van der Waals surface area contributed by atoms with Crippen molar-refractivity contribution in [2.45, 2.75) is 33.4 Å². The van der Waals surface area contributed by atoms with Crippen LogP contribution in [0.25, 0.3) is 11.2 Å². The molecule has 0 fully saturated rings. The Morgan fingerprint density at radius 1 is 1.21 bits per heavy atom. The van der Waals surface area contributed by atoms with Crippen molar-refractivity contribution in [2.24, 2.45) is 13.0 Å². The number of aryl methyl sites for hydroxylation is 1. The molecule has 8 nitrogen and oxygen atoms in total. The molecule has 8 heteroatoms. The highest BCUT2D eigenvalue weighted by molar-refractivity contribution is 5.78. The summed E-state index contributed by atoms with van der Waals surface area (Å²) in [4.78, 5) is 32.6. The molecule has 0 aliphatic carbocycles. The number of imidazole rings is 1. The van der Waals surface area contributed by atoms with E-state index in [1.54, 1.807) is 14.2 Å². The summed E-state index contributed by atoms with van der Waals surface area (Å²) in [7, 11) is 3.31. The largest absolute Gasteiger partial charge is 0.495 e. The smallest absolute Gasteiger partial charge is 0.332 e. The van der Waals surface area contributed by atoms with Crippen molar-refractivity contribution in [1.82, 2.24) is 18.7 Å². The molecule has 0 saturated heterocycles. The first-order valence-corrected chi connectivity index (χ1v) is 9.58. The third-order valence-electron chi connectivity index (χ3n) is 5.27. The summed E-state index contributed by atoms with van der Waals surface area (Å²) in [6, 6.07) is 7.76. The fourth-order valence-corrected chi connectivity index (χ4v) is 3.98. The minimum Gasteiger partial charge on any atom is -0.495 e. The second-order valence-electron chi connectivity index (χ2n) is 7.38.